The number of halogens is 4. The van der Waals surface area contributed by atoms with Gasteiger partial charge in [-0.1, -0.05) is 17.7 Å². The molecule has 2 N–H and O–H groups in total. The molecule has 1 aliphatic heterocycles. The number of morpholine rings is 1. The molecule has 3 nitrogen and oxygen atoms in total. The van der Waals surface area contributed by atoms with Gasteiger partial charge in [0.25, 0.3) is 0 Å². The number of hydrogen-bond donors (Lipinski definition) is 1. The summed E-state index contributed by atoms with van der Waals surface area (Å²) in [7, 11) is 0. The predicted octanol–water partition coefficient (Wildman–Crippen LogP) is 2.48. The average molecular weight is 332 g/mol. The Hall–Kier alpha value is -0.100. The third-order valence-corrected chi connectivity index (χ3v) is 3.17. The van der Waals surface area contributed by atoms with Crippen LogP contribution in [0.25, 0.3) is 0 Å². The first-order chi connectivity index (χ1) is 8.19. The van der Waals surface area contributed by atoms with Crippen molar-refractivity contribution >= 4 is 36.4 Å². The molecule has 0 radical (unpaired) electrons. The van der Waals surface area contributed by atoms with E-state index in [9.17, 15) is 4.39 Å². The van der Waals surface area contributed by atoms with Crippen LogP contribution in [0.15, 0.2) is 18.2 Å². The molecule has 0 spiro atoms. The Labute approximate surface area is 130 Å². The van der Waals surface area contributed by atoms with Gasteiger partial charge in [0, 0.05) is 26.2 Å². The minimum atomic E-state index is -0.378. The normalized spacial score (nSPS) is 19.4. The van der Waals surface area contributed by atoms with Crippen LogP contribution in [-0.2, 0) is 11.3 Å². The first-order valence-electron chi connectivity index (χ1n) is 5.67. The second-order valence-electron chi connectivity index (χ2n) is 4.21. The Kier molecular flexibility index (Phi) is 8.90. The molecule has 0 aliphatic carbocycles. The lowest BCUT2D eigenvalue weighted by Gasteiger charge is -2.32. The Morgan fingerprint density at radius 3 is 2.79 bits per heavy atom. The molecule has 0 unspecified atom stereocenters. The summed E-state index contributed by atoms with van der Waals surface area (Å²) in [6.45, 7) is 3.65. The molecule has 1 saturated heterocycles. The highest BCUT2D eigenvalue weighted by Crippen LogP contribution is 2.18. The lowest BCUT2D eigenvalue weighted by atomic mass is 10.2. The van der Waals surface area contributed by atoms with E-state index in [4.69, 9.17) is 22.1 Å². The van der Waals surface area contributed by atoms with E-state index in [1.54, 1.807) is 12.1 Å². The fourth-order valence-electron chi connectivity index (χ4n) is 1.96. The predicted molar refractivity (Wildman–Crippen MR) is 80.0 cm³/mol. The van der Waals surface area contributed by atoms with Gasteiger partial charge in [0.05, 0.1) is 17.7 Å². The quantitative estimate of drug-likeness (QED) is 0.925. The maximum Gasteiger partial charge on any atom is 0.141 e. The van der Waals surface area contributed by atoms with Crippen molar-refractivity contribution in [1.82, 2.24) is 4.90 Å². The first-order valence-corrected chi connectivity index (χ1v) is 6.05. The third-order valence-electron chi connectivity index (χ3n) is 2.88. The van der Waals surface area contributed by atoms with E-state index >= 15 is 0 Å². The fraction of sp³-hybridized carbons (Fsp3) is 0.500. The largest absolute Gasteiger partial charge is 0.374 e. The van der Waals surface area contributed by atoms with Crippen molar-refractivity contribution in [2.45, 2.75) is 12.6 Å². The zero-order valence-electron chi connectivity index (χ0n) is 10.4. The summed E-state index contributed by atoms with van der Waals surface area (Å²) in [5, 5.41) is 0.172. The highest BCUT2D eigenvalue weighted by molar-refractivity contribution is 6.30. The van der Waals surface area contributed by atoms with Crippen LogP contribution < -0.4 is 5.73 Å². The van der Waals surface area contributed by atoms with Crippen LogP contribution in [0.1, 0.15) is 5.56 Å². The van der Waals surface area contributed by atoms with E-state index in [1.165, 1.54) is 6.07 Å². The molecule has 110 valence electrons. The van der Waals surface area contributed by atoms with Gasteiger partial charge in [0.15, 0.2) is 0 Å². The lowest BCUT2D eigenvalue weighted by Crippen LogP contribution is -2.45. The number of hydrogen-bond acceptors (Lipinski definition) is 3. The van der Waals surface area contributed by atoms with Crippen LogP contribution >= 0.6 is 36.4 Å². The molecule has 1 aromatic carbocycles. The van der Waals surface area contributed by atoms with Crippen molar-refractivity contribution in [3.63, 3.8) is 0 Å². The number of ether oxygens (including phenoxy) is 1. The van der Waals surface area contributed by atoms with Gasteiger partial charge in [0.1, 0.15) is 5.82 Å². The zero-order valence-corrected chi connectivity index (χ0v) is 12.7. The molecule has 19 heavy (non-hydrogen) atoms. The van der Waals surface area contributed by atoms with Gasteiger partial charge in [-0.2, -0.15) is 0 Å². The fourth-order valence-corrected chi connectivity index (χ4v) is 2.17. The van der Waals surface area contributed by atoms with Crippen molar-refractivity contribution in [2.24, 2.45) is 5.73 Å². The van der Waals surface area contributed by atoms with Gasteiger partial charge in [-0.15, -0.1) is 24.8 Å². The summed E-state index contributed by atoms with van der Waals surface area (Å²) < 4.78 is 18.5. The van der Waals surface area contributed by atoms with Crippen LogP contribution in [0.5, 0.6) is 0 Å². The summed E-state index contributed by atoms with van der Waals surface area (Å²) >= 11 is 5.75. The van der Waals surface area contributed by atoms with E-state index in [-0.39, 0.29) is 41.8 Å². The summed E-state index contributed by atoms with van der Waals surface area (Å²) in [5.74, 6) is -0.378. The minimum Gasteiger partial charge on any atom is -0.374 e. The van der Waals surface area contributed by atoms with Gasteiger partial charge in [0.2, 0.25) is 0 Å². The Morgan fingerprint density at radius 1 is 1.42 bits per heavy atom. The number of rotatable bonds is 3. The molecule has 7 heteroatoms. The molecule has 1 aromatic rings. The highest BCUT2D eigenvalue weighted by atomic mass is 35.5. The standard InChI is InChI=1S/C12H16ClFN2O.2ClH/c13-11-5-9(1-2-12(11)14)7-16-3-4-17-10(6-15)8-16;;/h1-2,5,10H,3-4,6-8,15H2;2*1H/t10-;;/m0../s1. The summed E-state index contributed by atoms with van der Waals surface area (Å²) in [4.78, 5) is 2.24. The molecule has 1 atom stereocenters. The molecular formula is C12H18Cl3FN2O. The van der Waals surface area contributed by atoms with E-state index < -0.39 is 0 Å². The smallest absolute Gasteiger partial charge is 0.141 e. The topological polar surface area (TPSA) is 38.5 Å². The van der Waals surface area contributed by atoms with Gasteiger partial charge >= 0.3 is 0 Å². The second-order valence-corrected chi connectivity index (χ2v) is 4.62. The molecule has 1 aliphatic rings. The van der Waals surface area contributed by atoms with Crippen molar-refractivity contribution < 1.29 is 9.13 Å². The van der Waals surface area contributed by atoms with Crippen LogP contribution in [0, 0.1) is 5.82 Å². The Bertz CT molecular complexity index is 395. The van der Waals surface area contributed by atoms with Crippen molar-refractivity contribution in [3.8, 4) is 0 Å². The number of benzene rings is 1. The number of nitrogens with two attached hydrogens (primary N) is 1. The molecule has 0 amide bonds. The molecule has 2 rings (SSSR count). The molecule has 0 bridgehead atoms. The summed E-state index contributed by atoms with van der Waals surface area (Å²) in [6, 6.07) is 4.83. The van der Waals surface area contributed by atoms with Crippen LogP contribution in [0.4, 0.5) is 4.39 Å². The van der Waals surface area contributed by atoms with Crippen LogP contribution in [0.3, 0.4) is 0 Å². The van der Waals surface area contributed by atoms with E-state index in [1.807, 2.05) is 0 Å². The van der Waals surface area contributed by atoms with Crippen LogP contribution in [-0.4, -0.2) is 37.2 Å². The van der Waals surface area contributed by atoms with Crippen molar-refractivity contribution in [1.29, 1.82) is 0 Å². The minimum absolute atomic E-state index is 0. The second kappa shape index (κ2) is 8.95. The van der Waals surface area contributed by atoms with E-state index in [0.29, 0.717) is 13.2 Å². The Balaban J connectivity index is 0.00000162. The molecular weight excluding hydrogens is 314 g/mol. The van der Waals surface area contributed by atoms with E-state index in [0.717, 1.165) is 25.2 Å². The molecule has 0 aromatic heterocycles. The maximum atomic E-state index is 13.0. The van der Waals surface area contributed by atoms with Gasteiger partial charge < -0.3 is 10.5 Å². The van der Waals surface area contributed by atoms with Gasteiger partial charge in [-0.25, -0.2) is 4.39 Å². The van der Waals surface area contributed by atoms with Gasteiger partial charge in [-0.05, 0) is 17.7 Å². The molecule has 0 saturated carbocycles. The molecule has 1 heterocycles. The third kappa shape index (κ3) is 5.42. The monoisotopic (exact) mass is 330 g/mol. The summed E-state index contributed by atoms with van der Waals surface area (Å²) in [6.07, 6.45) is 0.0969. The average Bonchev–Trinajstić information content (AvgIpc) is 2.34. The maximum absolute atomic E-state index is 13.0. The first kappa shape index (κ1) is 18.9. The van der Waals surface area contributed by atoms with Gasteiger partial charge in [-0.3, -0.25) is 4.90 Å². The van der Waals surface area contributed by atoms with Crippen LogP contribution in [0.2, 0.25) is 5.02 Å². The molecule has 1 fully saturated rings. The SMILES string of the molecule is Cl.Cl.NC[C@H]1CN(Cc2ccc(F)c(Cl)c2)CCO1. The van der Waals surface area contributed by atoms with E-state index in [2.05, 4.69) is 4.90 Å². The summed E-state index contributed by atoms with van der Waals surface area (Å²) in [5.41, 5.74) is 6.59. The number of nitrogens with zero attached hydrogens (tertiary/aromatic N) is 1. The zero-order chi connectivity index (χ0) is 12.3. The Morgan fingerprint density at radius 2 is 2.16 bits per heavy atom. The van der Waals surface area contributed by atoms with Crippen molar-refractivity contribution in [2.75, 3.05) is 26.2 Å². The highest BCUT2D eigenvalue weighted by Gasteiger charge is 2.19. The lowest BCUT2D eigenvalue weighted by molar-refractivity contribution is -0.0260. The van der Waals surface area contributed by atoms with Crippen molar-refractivity contribution in [3.05, 3.63) is 34.6 Å².